The molecular weight excluding hydrogens is 248 g/mol. The fraction of sp³-hybridized carbons (Fsp3) is 0.600. The quantitative estimate of drug-likeness (QED) is 0.866. The Labute approximate surface area is 90.9 Å². The first-order chi connectivity index (χ1) is 6.09. The molecule has 0 radical (unpaired) electrons. The largest absolute Gasteiger partial charge is 0.389 e. The maximum absolute atomic E-state index is 10.1. The molecule has 1 aliphatic rings. The molecule has 0 saturated heterocycles. The van der Waals surface area contributed by atoms with Gasteiger partial charge in [-0.15, -0.1) is 11.3 Å². The summed E-state index contributed by atoms with van der Waals surface area (Å²) in [5, 5.41) is 12.1. The van der Waals surface area contributed by atoms with Gasteiger partial charge in [-0.1, -0.05) is 6.92 Å². The number of hydrogen-bond donors (Lipinski definition) is 1. The van der Waals surface area contributed by atoms with E-state index in [4.69, 9.17) is 0 Å². The van der Waals surface area contributed by atoms with Crippen molar-refractivity contribution in [3.63, 3.8) is 0 Å². The third-order valence-electron chi connectivity index (χ3n) is 2.64. The molecule has 1 aliphatic carbocycles. The summed E-state index contributed by atoms with van der Waals surface area (Å²) in [4.78, 5) is 1.27. The normalized spacial score (nSPS) is 33.0. The molecule has 1 fully saturated rings. The molecule has 0 aromatic carbocycles. The van der Waals surface area contributed by atoms with Gasteiger partial charge in [-0.3, -0.25) is 0 Å². The van der Waals surface area contributed by atoms with Crippen LogP contribution in [0.3, 0.4) is 0 Å². The molecule has 1 N–H and O–H groups in total. The van der Waals surface area contributed by atoms with Crippen LogP contribution in [0.2, 0.25) is 0 Å². The van der Waals surface area contributed by atoms with E-state index in [9.17, 15) is 5.11 Å². The number of halogens is 1. The molecular formula is C10H13BrOS. The molecule has 3 heteroatoms. The highest BCUT2D eigenvalue weighted by Crippen LogP contribution is 2.41. The molecule has 0 amide bonds. The number of aliphatic hydroxyl groups is 1. The highest BCUT2D eigenvalue weighted by atomic mass is 79.9. The van der Waals surface area contributed by atoms with E-state index in [1.54, 1.807) is 11.3 Å². The van der Waals surface area contributed by atoms with E-state index >= 15 is 0 Å². The van der Waals surface area contributed by atoms with Crippen molar-refractivity contribution in [3.05, 3.63) is 20.8 Å². The van der Waals surface area contributed by atoms with Crippen molar-refractivity contribution in [2.75, 3.05) is 0 Å². The Bertz CT molecular complexity index is 302. The molecule has 1 heterocycles. The first-order valence-corrected chi connectivity index (χ1v) is 6.21. The minimum Gasteiger partial charge on any atom is -0.389 e. The van der Waals surface area contributed by atoms with E-state index < -0.39 is 5.60 Å². The number of thiophene rings is 1. The SMILES string of the molecule is CC1CC(O)(Cc2sccc2Br)C1. The van der Waals surface area contributed by atoms with Crippen LogP contribution in [-0.4, -0.2) is 10.7 Å². The molecule has 0 aliphatic heterocycles. The monoisotopic (exact) mass is 260 g/mol. The number of rotatable bonds is 2. The van der Waals surface area contributed by atoms with Crippen molar-refractivity contribution in [1.82, 2.24) is 0 Å². The summed E-state index contributed by atoms with van der Waals surface area (Å²) in [7, 11) is 0. The summed E-state index contributed by atoms with van der Waals surface area (Å²) >= 11 is 5.21. The molecule has 2 rings (SSSR count). The Morgan fingerprint density at radius 2 is 2.38 bits per heavy atom. The van der Waals surface area contributed by atoms with Crippen molar-refractivity contribution in [2.45, 2.75) is 31.8 Å². The van der Waals surface area contributed by atoms with Crippen LogP contribution in [0.4, 0.5) is 0 Å². The molecule has 0 atom stereocenters. The topological polar surface area (TPSA) is 20.2 Å². The molecule has 1 nitrogen and oxygen atoms in total. The van der Waals surface area contributed by atoms with Crippen LogP contribution in [0.5, 0.6) is 0 Å². The molecule has 1 saturated carbocycles. The van der Waals surface area contributed by atoms with Crippen LogP contribution in [0.15, 0.2) is 15.9 Å². The molecule has 0 bridgehead atoms. The van der Waals surface area contributed by atoms with Gasteiger partial charge < -0.3 is 5.11 Å². The summed E-state index contributed by atoms with van der Waals surface area (Å²) in [5.74, 6) is 0.698. The fourth-order valence-electron chi connectivity index (χ4n) is 2.13. The van der Waals surface area contributed by atoms with E-state index in [1.807, 2.05) is 6.07 Å². The van der Waals surface area contributed by atoms with Crippen molar-refractivity contribution in [2.24, 2.45) is 5.92 Å². The van der Waals surface area contributed by atoms with Gasteiger partial charge in [-0.25, -0.2) is 0 Å². The van der Waals surface area contributed by atoms with Gasteiger partial charge in [0.2, 0.25) is 0 Å². The van der Waals surface area contributed by atoms with E-state index in [-0.39, 0.29) is 0 Å². The zero-order valence-corrected chi connectivity index (χ0v) is 9.99. The van der Waals surface area contributed by atoms with Crippen molar-refractivity contribution in [3.8, 4) is 0 Å². The Morgan fingerprint density at radius 1 is 1.69 bits per heavy atom. The predicted octanol–water partition coefficient (Wildman–Crippen LogP) is 3.21. The first-order valence-electron chi connectivity index (χ1n) is 4.53. The lowest BCUT2D eigenvalue weighted by atomic mass is 9.70. The summed E-state index contributed by atoms with van der Waals surface area (Å²) in [5.41, 5.74) is -0.410. The zero-order chi connectivity index (χ0) is 9.47. The lowest BCUT2D eigenvalue weighted by Crippen LogP contribution is -2.44. The van der Waals surface area contributed by atoms with Crippen LogP contribution in [0, 0.1) is 5.92 Å². The second-order valence-electron chi connectivity index (χ2n) is 4.11. The third kappa shape index (κ3) is 1.97. The molecule has 13 heavy (non-hydrogen) atoms. The average molecular weight is 261 g/mol. The van der Waals surface area contributed by atoms with Gasteiger partial charge in [0.05, 0.1) is 5.60 Å². The highest BCUT2D eigenvalue weighted by Gasteiger charge is 2.40. The predicted molar refractivity (Wildman–Crippen MR) is 59.1 cm³/mol. The Hall–Kier alpha value is 0.140. The van der Waals surface area contributed by atoms with E-state index in [2.05, 4.69) is 28.2 Å². The standard InChI is InChI=1S/C10H13BrOS/c1-7-4-10(12,5-7)6-9-8(11)2-3-13-9/h2-3,7,12H,4-6H2,1H3. The second-order valence-corrected chi connectivity index (χ2v) is 5.96. The Balaban J connectivity index is 2.03. The van der Waals surface area contributed by atoms with Gasteiger partial charge in [0.15, 0.2) is 0 Å². The Kier molecular flexibility index (Phi) is 2.51. The minimum absolute atomic E-state index is 0.410. The van der Waals surface area contributed by atoms with Crippen molar-refractivity contribution in [1.29, 1.82) is 0 Å². The fourth-order valence-corrected chi connectivity index (χ4v) is 3.76. The lowest BCUT2D eigenvalue weighted by molar-refractivity contribution is -0.0661. The van der Waals surface area contributed by atoms with Crippen molar-refractivity contribution >= 4 is 27.3 Å². The maximum Gasteiger partial charge on any atom is 0.0701 e. The van der Waals surface area contributed by atoms with E-state index in [0.29, 0.717) is 5.92 Å². The van der Waals surface area contributed by atoms with Gasteiger partial charge in [-0.05, 0) is 46.1 Å². The second kappa shape index (κ2) is 3.37. The van der Waals surface area contributed by atoms with Crippen molar-refractivity contribution < 1.29 is 5.11 Å². The summed E-state index contributed by atoms with van der Waals surface area (Å²) in [6.45, 7) is 2.19. The van der Waals surface area contributed by atoms with Gasteiger partial charge in [0, 0.05) is 15.8 Å². The van der Waals surface area contributed by atoms with Crippen LogP contribution in [0.25, 0.3) is 0 Å². The zero-order valence-electron chi connectivity index (χ0n) is 7.59. The molecule has 72 valence electrons. The van der Waals surface area contributed by atoms with Crippen LogP contribution in [0.1, 0.15) is 24.6 Å². The average Bonchev–Trinajstić information content (AvgIpc) is 2.33. The highest BCUT2D eigenvalue weighted by molar-refractivity contribution is 9.10. The van der Waals surface area contributed by atoms with Gasteiger partial charge >= 0.3 is 0 Å². The molecule has 1 aromatic heterocycles. The smallest absolute Gasteiger partial charge is 0.0701 e. The van der Waals surface area contributed by atoms with E-state index in [1.165, 1.54) is 4.88 Å². The van der Waals surface area contributed by atoms with Crippen LogP contribution < -0.4 is 0 Å². The van der Waals surface area contributed by atoms with Gasteiger partial charge in [0.25, 0.3) is 0 Å². The molecule has 0 spiro atoms. The number of hydrogen-bond acceptors (Lipinski definition) is 2. The molecule has 0 unspecified atom stereocenters. The summed E-state index contributed by atoms with van der Waals surface area (Å²) < 4.78 is 1.14. The van der Waals surface area contributed by atoms with Crippen LogP contribution >= 0.6 is 27.3 Å². The van der Waals surface area contributed by atoms with Gasteiger partial charge in [0.1, 0.15) is 0 Å². The van der Waals surface area contributed by atoms with E-state index in [0.717, 1.165) is 23.7 Å². The van der Waals surface area contributed by atoms with Gasteiger partial charge in [-0.2, -0.15) is 0 Å². The Morgan fingerprint density at radius 3 is 2.85 bits per heavy atom. The summed E-state index contributed by atoms with van der Waals surface area (Å²) in [6.07, 6.45) is 2.73. The lowest BCUT2D eigenvalue weighted by Gasteiger charge is -2.42. The maximum atomic E-state index is 10.1. The molecule has 1 aromatic rings. The third-order valence-corrected chi connectivity index (χ3v) is 4.56. The van der Waals surface area contributed by atoms with Crippen LogP contribution in [-0.2, 0) is 6.42 Å². The summed E-state index contributed by atoms with van der Waals surface area (Å²) in [6, 6.07) is 2.05. The minimum atomic E-state index is -0.410. The first kappa shape index (κ1) is 9.69.